The smallest absolute Gasteiger partial charge is 0.196 e. The third-order valence-corrected chi connectivity index (χ3v) is 17.7. The molecule has 12 rings (SSSR count). The van der Waals surface area contributed by atoms with Gasteiger partial charge in [0.05, 0.1) is 0 Å². The largest absolute Gasteiger partial charge is 0.299 e. The first kappa shape index (κ1) is 63.9. The van der Waals surface area contributed by atoms with Gasteiger partial charge in [0.15, 0.2) is 0 Å². The summed E-state index contributed by atoms with van der Waals surface area (Å²) in [4.78, 5) is 0. The van der Waals surface area contributed by atoms with E-state index < -0.39 is 5.92 Å². The van der Waals surface area contributed by atoms with Crippen LogP contribution >= 0.6 is 0 Å². The van der Waals surface area contributed by atoms with Crippen LogP contribution in [-0.2, 0) is 31.6 Å². The van der Waals surface area contributed by atoms with Gasteiger partial charge in [-0.25, -0.2) is 0 Å². The summed E-state index contributed by atoms with van der Waals surface area (Å²) in [5.74, 6) is 1.24. The van der Waals surface area contributed by atoms with Gasteiger partial charge in [-0.2, -0.15) is 8.78 Å². The van der Waals surface area contributed by atoms with Gasteiger partial charge in [-0.1, -0.05) is 259 Å². The topological polar surface area (TPSA) is 0 Å². The van der Waals surface area contributed by atoms with Gasteiger partial charge in [0.1, 0.15) is 0 Å². The van der Waals surface area contributed by atoms with Crippen molar-refractivity contribution < 1.29 is 8.78 Å². The Morgan fingerprint density at radius 2 is 0.446 bits per heavy atom. The quantitative estimate of drug-likeness (QED) is 0.133. The zero-order valence-corrected chi connectivity index (χ0v) is 51.7. The van der Waals surface area contributed by atoms with E-state index in [1.54, 1.807) is 12.1 Å². The van der Waals surface area contributed by atoms with Crippen LogP contribution in [0.3, 0.4) is 0 Å². The maximum absolute atomic E-state index is 14.8. The molecular weight excluding hydrogens is 1010 g/mol. The van der Waals surface area contributed by atoms with Gasteiger partial charge < -0.3 is 0 Å². The van der Waals surface area contributed by atoms with Crippen molar-refractivity contribution in [1.29, 1.82) is 0 Å². The average Bonchev–Trinajstić information content (AvgIpc) is 3.50. The minimum absolute atomic E-state index is 0. The summed E-state index contributed by atoms with van der Waals surface area (Å²) in [7, 11) is 0. The second-order valence-corrected chi connectivity index (χ2v) is 26.2. The Kier molecular flexibility index (Phi) is 20.4. The summed E-state index contributed by atoms with van der Waals surface area (Å²) in [6.45, 7) is 35.3. The van der Waals surface area contributed by atoms with Crippen molar-refractivity contribution in [2.45, 2.75) is 205 Å². The summed E-state index contributed by atoms with van der Waals surface area (Å²) in [6.07, 6.45) is 4.74. The number of rotatable bonds is 8. The number of halogens is 2. The van der Waals surface area contributed by atoms with Crippen LogP contribution in [-0.4, -0.2) is 0 Å². The zero-order valence-electron chi connectivity index (χ0n) is 51.7. The highest BCUT2D eigenvalue weighted by Crippen LogP contribution is 2.52. The molecule has 0 nitrogen and oxygen atoms in total. The lowest BCUT2D eigenvalue weighted by molar-refractivity contribution is 0.0478. The van der Waals surface area contributed by atoms with E-state index in [-0.39, 0.29) is 37.8 Å². The molecule has 0 fully saturated rings. The first-order valence-corrected chi connectivity index (χ1v) is 30.6. The molecule has 9 aromatic rings. The minimum Gasteiger partial charge on any atom is -0.196 e. The third-order valence-electron chi connectivity index (χ3n) is 17.7. The number of alkyl halides is 2. The van der Waals surface area contributed by atoms with Crippen molar-refractivity contribution in [3.8, 4) is 33.4 Å². The fourth-order valence-corrected chi connectivity index (χ4v) is 12.0. The van der Waals surface area contributed by atoms with Gasteiger partial charge in [0.25, 0.3) is 5.92 Å². The molecule has 0 aromatic heterocycles. The molecule has 2 heteroatoms. The number of benzene rings is 9. The summed E-state index contributed by atoms with van der Waals surface area (Å²) in [5, 5.41) is 5.37. The van der Waals surface area contributed by atoms with E-state index in [1.807, 2.05) is 52.0 Å². The number of fused-ring (bicyclic) bond motifs is 11. The lowest BCUT2D eigenvalue weighted by atomic mass is 9.82. The zero-order chi connectivity index (χ0) is 58.2. The molecule has 3 aliphatic rings. The van der Waals surface area contributed by atoms with E-state index in [1.165, 1.54) is 125 Å². The van der Waals surface area contributed by atoms with Gasteiger partial charge in [-0.05, 0) is 219 Å². The number of hydrogen-bond acceptors (Lipinski definition) is 0. The van der Waals surface area contributed by atoms with E-state index in [0.29, 0.717) is 46.6 Å². The Hall–Kier alpha value is -6.64. The summed E-state index contributed by atoms with van der Waals surface area (Å²) in [5.41, 5.74) is 24.2. The molecule has 0 saturated carbocycles. The summed E-state index contributed by atoms with van der Waals surface area (Å²) >= 11 is 0. The van der Waals surface area contributed by atoms with Crippen molar-refractivity contribution >= 4 is 21.5 Å². The van der Waals surface area contributed by atoms with Crippen LogP contribution in [0.4, 0.5) is 8.78 Å². The molecule has 0 spiro atoms. The SMILES string of the molecule is C.C.CC(C)c1ccc2c(c1)C(F)(F)c1cc(C(C)C)ccc1-2.CC(C)c1ccc2c(c1)CCc1cc(C(C)C)ccc1-2.CC(C)c1ccc2c(c1)CCc1cc(C(C)C)ccc1-2.CC(C)c1ccc2cc3cc(C(C)C)ccc3cc2c1. The van der Waals surface area contributed by atoms with Gasteiger partial charge in [-0.3, -0.25) is 0 Å². The second kappa shape index (κ2) is 26.5. The highest BCUT2D eigenvalue weighted by atomic mass is 19.3. The molecule has 0 unspecified atom stereocenters. The fourth-order valence-electron chi connectivity index (χ4n) is 12.0. The van der Waals surface area contributed by atoms with Crippen LogP contribution in [0.1, 0.15) is 251 Å². The Bertz CT molecular complexity index is 3350. The molecule has 0 bridgehead atoms. The average molecular weight is 1110 g/mol. The minimum atomic E-state index is -2.89. The summed E-state index contributed by atoms with van der Waals surface area (Å²) < 4.78 is 29.6. The third kappa shape index (κ3) is 13.8. The van der Waals surface area contributed by atoms with Crippen LogP contribution in [0.15, 0.2) is 158 Å². The van der Waals surface area contributed by atoms with Crippen LogP contribution in [0.5, 0.6) is 0 Å². The maximum atomic E-state index is 14.8. The van der Waals surface area contributed by atoms with E-state index in [2.05, 4.69) is 204 Å². The van der Waals surface area contributed by atoms with E-state index in [9.17, 15) is 8.78 Å². The van der Waals surface area contributed by atoms with Gasteiger partial charge >= 0.3 is 0 Å². The van der Waals surface area contributed by atoms with E-state index in [0.717, 1.165) is 11.1 Å². The highest BCUT2D eigenvalue weighted by Gasteiger charge is 2.44. The molecule has 9 aromatic carbocycles. The van der Waals surface area contributed by atoms with Crippen LogP contribution in [0, 0.1) is 0 Å². The molecule has 0 aliphatic heterocycles. The first-order valence-electron chi connectivity index (χ1n) is 30.6. The Balaban J connectivity index is 0.000000158. The van der Waals surface area contributed by atoms with E-state index >= 15 is 0 Å². The van der Waals surface area contributed by atoms with Crippen molar-refractivity contribution in [2.24, 2.45) is 0 Å². The van der Waals surface area contributed by atoms with E-state index in [4.69, 9.17) is 0 Å². The lowest BCUT2D eigenvalue weighted by Crippen LogP contribution is -2.12. The van der Waals surface area contributed by atoms with Gasteiger partial charge in [0.2, 0.25) is 0 Å². The van der Waals surface area contributed by atoms with Crippen LogP contribution in [0.2, 0.25) is 0 Å². The highest BCUT2D eigenvalue weighted by molar-refractivity contribution is 5.98. The molecule has 0 radical (unpaired) electrons. The Morgan fingerprint density at radius 3 is 0.687 bits per heavy atom. The molecule has 0 atom stereocenters. The monoisotopic (exact) mass is 1110 g/mol. The van der Waals surface area contributed by atoms with Gasteiger partial charge in [-0.15, -0.1) is 0 Å². The molecular formula is C81H98F2. The Morgan fingerprint density at radius 1 is 0.241 bits per heavy atom. The lowest BCUT2D eigenvalue weighted by Gasteiger charge is -2.22. The second-order valence-electron chi connectivity index (χ2n) is 26.2. The van der Waals surface area contributed by atoms with Crippen LogP contribution in [0.25, 0.3) is 54.9 Å². The predicted octanol–water partition coefficient (Wildman–Crippen LogP) is 25.0. The number of aryl methyl sites for hydroxylation is 4. The molecule has 3 aliphatic carbocycles. The number of hydrogen-bond donors (Lipinski definition) is 0. The Labute approximate surface area is 501 Å². The van der Waals surface area contributed by atoms with Gasteiger partial charge in [0, 0.05) is 11.1 Å². The fraction of sp³-hybridized carbons (Fsp3) is 0.383. The molecule has 0 heterocycles. The van der Waals surface area contributed by atoms with Crippen LogP contribution < -0.4 is 0 Å². The standard InChI is InChI=1S/C20H22.2C20H24.C19H20F2.2CH4/c1-13(2)15-5-7-17-12-20-10-16(14(3)4)6-8-18(20)11-19(17)9-15;2*1-13(2)15-7-9-19-17(11-15)5-6-18-12-16(14(3)4)8-10-20(18)19;1-11(2)13-5-7-15-16-8-6-14(12(3)4)10-18(16)19(20,21)17(15)9-13;;/h5-14H,1-4H3;2*7-14H,5-6H2,1-4H3;5-12H,1-4H3;2*1H4. The first-order chi connectivity index (χ1) is 38.5. The normalized spacial score (nSPS) is 13.3. The summed E-state index contributed by atoms with van der Waals surface area (Å²) in [6, 6.07) is 57.5. The van der Waals surface area contributed by atoms with Crippen molar-refractivity contribution in [3.05, 3.63) is 236 Å². The van der Waals surface area contributed by atoms with Crippen molar-refractivity contribution in [3.63, 3.8) is 0 Å². The molecule has 436 valence electrons. The predicted molar refractivity (Wildman–Crippen MR) is 361 cm³/mol. The van der Waals surface area contributed by atoms with Crippen molar-refractivity contribution in [2.75, 3.05) is 0 Å². The molecule has 0 N–H and O–H groups in total. The van der Waals surface area contributed by atoms with Crippen molar-refractivity contribution in [1.82, 2.24) is 0 Å². The molecule has 0 amide bonds. The molecule has 0 saturated heterocycles. The maximum Gasteiger partial charge on any atom is 0.299 e. The molecule has 83 heavy (non-hydrogen) atoms.